The quantitative estimate of drug-likeness (QED) is 0.899. The number of nitrogens with two attached hydrogens (primary N) is 1. The van der Waals surface area contributed by atoms with E-state index >= 15 is 0 Å². The van der Waals surface area contributed by atoms with Crippen molar-refractivity contribution in [1.82, 2.24) is 5.32 Å². The average Bonchev–Trinajstić information content (AvgIpc) is 2.38. The molecule has 0 fully saturated rings. The molecule has 3 N–H and O–H groups in total. The molecular weight excluding hydrogens is 264 g/mol. The lowest BCUT2D eigenvalue weighted by Gasteiger charge is -2.27. The van der Waals surface area contributed by atoms with Crippen LogP contribution in [0.2, 0.25) is 0 Å². The van der Waals surface area contributed by atoms with Gasteiger partial charge >= 0.3 is 0 Å². The van der Waals surface area contributed by atoms with Crippen LogP contribution in [-0.2, 0) is 11.2 Å². The minimum absolute atomic E-state index is 0.0796. The first kappa shape index (κ1) is 15.8. The molecule has 0 spiro atoms. The summed E-state index contributed by atoms with van der Waals surface area (Å²) in [5.74, 6) is 0.694. The van der Waals surface area contributed by atoms with Crippen LogP contribution in [0.5, 0.6) is 5.75 Å². The lowest BCUT2D eigenvalue weighted by atomic mass is 9.87. The Morgan fingerprint density at radius 2 is 2.14 bits per heavy atom. The van der Waals surface area contributed by atoms with Crippen molar-refractivity contribution in [3.63, 3.8) is 0 Å². The summed E-state index contributed by atoms with van der Waals surface area (Å²) in [5.41, 5.74) is 8.21. The fraction of sp³-hybridized carbons (Fsp3) is 0.588. The van der Waals surface area contributed by atoms with Crippen molar-refractivity contribution < 1.29 is 9.53 Å². The summed E-state index contributed by atoms with van der Waals surface area (Å²) in [6.45, 7) is 7.66. The van der Waals surface area contributed by atoms with E-state index in [9.17, 15) is 4.79 Å². The Balaban J connectivity index is 2.13. The fourth-order valence-electron chi connectivity index (χ4n) is 2.68. The minimum Gasteiger partial charge on any atom is -0.481 e. The van der Waals surface area contributed by atoms with Gasteiger partial charge < -0.3 is 15.8 Å². The van der Waals surface area contributed by atoms with Crippen LogP contribution in [0.4, 0.5) is 0 Å². The van der Waals surface area contributed by atoms with Crippen LogP contribution in [0, 0.1) is 0 Å². The molecule has 1 aliphatic rings. The predicted octanol–water partition coefficient (Wildman–Crippen LogP) is 2.70. The van der Waals surface area contributed by atoms with Crippen LogP contribution in [0.25, 0.3) is 0 Å². The van der Waals surface area contributed by atoms with Gasteiger partial charge in [0.15, 0.2) is 6.10 Å². The number of carbonyl (C=O) groups excluding carboxylic acids is 1. The summed E-state index contributed by atoms with van der Waals surface area (Å²) in [4.78, 5) is 12.1. The number of hydrogen-bond donors (Lipinski definition) is 2. The third kappa shape index (κ3) is 3.97. The van der Waals surface area contributed by atoms with Gasteiger partial charge in [0.2, 0.25) is 0 Å². The van der Waals surface area contributed by atoms with Crippen molar-refractivity contribution in [2.75, 3.05) is 0 Å². The first-order chi connectivity index (χ1) is 9.78. The number of carbonyl (C=O) groups is 1. The van der Waals surface area contributed by atoms with E-state index in [0.717, 1.165) is 36.1 Å². The first-order valence-electron chi connectivity index (χ1n) is 7.64. The van der Waals surface area contributed by atoms with Crippen molar-refractivity contribution in [2.45, 2.75) is 64.6 Å². The lowest BCUT2D eigenvalue weighted by Crippen LogP contribution is -2.46. The van der Waals surface area contributed by atoms with Crippen molar-refractivity contribution in [3.05, 3.63) is 29.3 Å². The highest BCUT2D eigenvalue weighted by atomic mass is 16.5. The molecule has 4 nitrogen and oxygen atoms in total. The van der Waals surface area contributed by atoms with E-state index in [0.29, 0.717) is 0 Å². The standard InChI is InChI=1S/C17H26N2O2/c1-11(16(20)19-17(2,3)4)21-15-10-6-7-12-13(15)8-5-9-14(12)18/h6-7,10-11,14H,5,8-9,18H2,1-4H3,(H,19,20). The second-order valence-electron chi connectivity index (χ2n) is 6.82. The van der Waals surface area contributed by atoms with Crippen LogP contribution >= 0.6 is 0 Å². The number of hydrogen-bond acceptors (Lipinski definition) is 3. The van der Waals surface area contributed by atoms with Gasteiger partial charge in [-0.25, -0.2) is 0 Å². The summed E-state index contributed by atoms with van der Waals surface area (Å²) in [6.07, 6.45) is 2.52. The summed E-state index contributed by atoms with van der Waals surface area (Å²) in [5, 5.41) is 2.94. The summed E-state index contributed by atoms with van der Waals surface area (Å²) < 4.78 is 5.90. The largest absolute Gasteiger partial charge is 0.481 e. The molecule has 0 radical (unpaired) electrons. The maximum atomic E-state index is 12.1. The predicted molar refractivity (Wildman–Crippen MR) is 84.3 cm³/mol. The number of nitrogens with one attached hydrogen (secondary N) is 1. The van der Waals surface area contributed by atoms with Crippen LogP contribution in [0.3, 0.4) is 0 Å². The Hall–Kier alpha value is -1.55. The summed E-state index contributed by atoms with van der Waals surface area (Å²) >= 11 is 0. The molecule has 0 saturated carbocycles. The van der Waals surface area contributed by atoms with E-state index in [4.69, 9.17) is 10.5 Å². The molecule has 1 aliphatic carbocycles. The highest BCUT2D eigenvalue weighted by molar-refractivity contribution is 5.81. The molecule has 21 heavy (non-hydrogen) atoms. The third-order valence-corrected chi connectivity index (χ3v) is 3.68. The smallest absolute Gasteiger partial charge is 0.261 e. The molecule has 4 heteroatoms. The average molecular weight is 290 g/mol. The summed E-state index contributed by atoms with van der Waals surface area (Å²) in [6, 6.07) is 6.02. The zero-order chi connectivity index (χ0) is 15.6. The Morgan fingerprint density at radius 3 is 2.81 bits per heavy atom. The number of benzene rings is 1. The minimum atomic E-state index is -0.520. The Morgan fingerprint density at radius 1 is 1.43 bits per heavy atom. The van der Waals surface area contributed by atoms with E-state index in [2.05, 4.69) is 11.4 Å². The first-order valence-corrected chi connectivity index (χ1v) is 7.64. The fourth-order valence-corrected chi connectivity index (χ4v) is 2.68. The highest BCUT2D eigenvalue weighted by Gasteiger charge is 2.24. The van der Waals surface area contributed by atoms with E-state index < -0.39 is 6.10 Å². The van der Waals surface area contributed by atoms with Gasteiger partial charge in [-0.3, -0.25) is 4.79 Å². The molecular formula is C17H26N2O2. The zero-order valence-electron chi connectivity index (χ0n) is 13.4. The second-order valence-corrected chi connectivity index (χ2v) is 6.82. The monoisotopic (exact) mass is 290 g/mol. The SMILES string of the molecule is CC(Oc1cccc2c1CCCC2N)C(=O)NC(C)(C)C. The van der Waals surface area contributed by atoms with Gasteiger partial charge in [-0.2, -0.15) is 0 Å². The molecule has 0 aliphatic heterocycles. The van der Waals surface area contributed by atoms with Gasteiger partial charge in [-0.15, -0.1) is 0 Å². The number of amides is 1. The molecule has 0 saturated heterocycles. The van der Waals surface area contributed by atoms with Gasteiger partial charge in [0.1, 0.15) is 5.75 Å². The number of rotatable bonds is 3. The highest BCUT2D eigenvalue weighted by Crippen LogP contribution is 2.34. The molecule has 1 aromatic carbocycles. The molecule has 0 aromatic heterocycles. The van der Waals surface area contributed by atoms with Gasteiger partial charge in [-0.05, 0) is 64.2 Å². The van der Waals surface area contributed by atoms with Crippen LogP contribution in [-0.4, -0.2) is 17.6 Å². The van der Waals surface area contributed by atoms with Crippen LogP contribution < -0.4 is 15.8 Å². The molecule has 2 unspecified atom stereocenters. The maximum Gasteiger partial charge on any atom is 0.261 e. The molecule has 1 amide bonds. The molecule has 116 valence electrons. The molecule has 2 atom stereocenters. The van der Waals surface area contributed by atoms with Crippen molar-refractivity contribution in [3.8, 4) is 5.75 Å². The van der Waals surface area contributed by atoms with Crippen LogP contribution in [0.15, 0.2) is 18.2 Å². The summed E-state index contributed by atoms with van der Waals surface area (Å²) in [7, 11) is 0. The van der Waals surface area contributed by atoms with Gasteiger partial charge in [0.25, 0.3) is 5.91 Å². The van der Waals surface area contributed by atoms with E-state index in [1.54, 1.807) is 6.92 Å². The van der Waals surface area contributed by atoms with Crippen molar-refractivity contribution >= 4 is 5.91 Å². The molecule has 0 heterocycles. The zero-order valence-corrected chi connectivity index (χ0v) is 13.4. The van der Waals surface area contributed by atoms with Crippen LogP contribution in [0.1, 0.15) is 57.7 Å². The van der Waals surface area contributed by atoms with Gasteiger partial charge in [-0.1, -0.05) is 12.1 Å². The Labute approximate surface area is 127 Å². The number of ether oxygens (including phenoxy) is 1. The van der Waals surface area contributed by atoms with E-state index in [-0.39, 0.29) is 17.5 Å². The normalized spacial score (nSPS) is 19.6. The Bertz CT molecular complexity index is 520. The molecule has 1 aromatic rings. The third-order valence-electron chi connectivity index (χ3n) is 3.68. The van der Waals surface area contributed by atoms with Crippen molar-refractivity contribution in [1.29, 1.82) is 0 Å². The van der Waals surface area contributed by atoms with Crippen molar-refractivity contribution in [2.24, 2.45) is 5.73 Å². The second kappa shape index (κ2) is 6.06. The Kier molecular flexibility index (Phi) is 4.57. The van der Waals surface area contributed by atoms with Gasteiger partial charge in [0.05, 0.1) is 0 Å². The topological polar surface area (TPSA) is 64.3 Å². The maximum absolute atomic E-state index is 12.1. The van der Waals surface area contributed by atoms with E-state index in [1.165, 1.54) is 0 Å². The lowest BCUT2D eigenvalue weighted by molar-refractivity contribution is -0.128. The number of fused-ring (bicyclic) bond motifs is 1. The van der Waals surface area contributed by atoms with Gasteiger partial charge in [0, 0.05) is 11.6 Å². The van der Waals surface area contributed by atoms with E-state index in [1.807, 2.05) is 32.9 Å². The molecule has 0 bridgehead atoms. The molecule has 2 rings (SSSR count).